The van der Waals surface area contributed by atoms with Gasteiger partial charge in [0.15, 0.2) is 0 Å². The van der Waals surface area contributed by atoms with Gasteiger partial charge in [0.05, 0.1) is 5.60 Å². The maximum Gasteiger partial charge on any atom is 0.0765 e. The van der Waals surface area contributed by atoms with Gasteiger partial charge in [-0.15, -0.1) is 0 Å². The van der Waals surface area contributed by atoms with E-state index in [1.807, 2.05) is 27.9 Å². The molecule has 0 aliphatic carbocycles. The van der Waals surface area contributed by atoms with Gasteiger partial charge in [0.2, 0.25) is 0 Å². The molecule has 3 nitrogen and oxygen atoms in total. The fourth-order valence-corrected chi connectivity index (χ4v) is 1.74. The van der Waals surface area contributed by atoms with Crippen LogP contribution in [0.5, 0.6) is 0 Å². The highest BCUT2D eigenvalue weighted by molar-refractivity contribution is 5.47. The molecule has 90 valence electrons. The largest absolute Gasteiger partial charge is 0.389 e. The van der Waals surface area contributed by atoms with Crippen LogP contribution in [0.1, 0.15) is 19.4 Å². The smallest absolute Gasteiger partial charge is 0.0765 e. The maximum atomic E-state index is 9.74. The summed E-state index contributed by atoms with van der Waals surface area (Å²) in [7, 11) is 3.93. The van der Waals surface area contributed by atoms with Crippen LogP contribution in [-0.4, -0.2) is 31.3 Å². The van der Waals surface area contributed by atoms with Crippen LogP contribution in [0, 0.1) is 0 Å². The first-order chi connectivity index (χ1) is 7.42. The van der Waals surface area contributed by atoms with E-state index in [2.05, 4.69) is 34.5 Å². The highest BCUT2D eigenvalue weighted by Crippen LogP contribution is 2.16. The number of benzene rings is 1. The molecule has 1 aromatic carbocycles. The summed E-state index contributed by atoms with van der Waals surface area (Å²) in [5.41, 5.74) is 1.73. The molecule has 0 unspecified atom stereocenters. The van der Waals surface area contributed by atoms with Gasteiger partial charge >= 0.3 is 0 Å². The first-order valence-corrected chi connectivity index (χ1v) is 5.59. The zero-order valence-electron chi connectivity index (χ0n) is 10.6. The second-order valence-corrected chi connectivity index (χ2v) is 4.87. The lowest BCUT2D eigenvalue weighted by molar-refractivity contribution is 0.0886. The molecule has 2 N–H and O–H groups in total. The summed E-state index contributed by atoms with van der Waals surface area (Å²) in [5, 5.41) is 12.9. The SMILES string of the molecule is CNCc1ccc(N(C)CC(C)(C)O)cc1. The van der Waals surface area contributed by atoms with Gasteiger partial charge < -0.3 is 15.3 Å². The van der Waals surface area contributed by atoms with Gasteiger partial charge in [-0.3, -0.25) is 0 Å². The van der Waals surface area contributed by atoms with Crippen LogP contribution in [0.2, 0.25) is 0 Å². The predicted molar refractivity (Wildman–Crippen MR) is 68.8 cm³/mol. The van der Waals surface area contributed by atoms with E-state index in [0.29, 0.717) is 6.54 Å². The van der Waals surface area contributed by atoms with Crippen molar-refractivity contribution in [1.82, 2.24) is 5.32 Å². The van der Waals surface area contributed by atoms with Crippen molar-refractivity contribution in [3.63, 3.8) is 0 Å². The van der Waals surface area contributed by atoms with Crippen molar-refractivity contribution >= 4 is 5.69 Å². The molecule has 0 atom stereocenters. The quantitative estimate of drug-likeness (QED) is 0.794. The van der Waals surface area contributed by atoms with Crippen molar-refractivity contribution in [3.05, 3.63) is 29.8 Å². The fourth-order valence-electron chi connectivity index (χ4n) is 1.74. The average Bonchev–Trinajstić information content (AvgIpc) is 2.16. The van der Waals surface area contributed by atoms with E-state index in [4.69, 9.17) is 0 Å². The van der Waals surface area contributed by atoms with Crippen molar-refractivity contribution in [2.45, 2.75) is 26.0 Å². The molecule has 0 radical (unpaired) electrons. The van der Waals surface area contributed by atoms with Crippen LogP contribution in [0.4, 0.5) is 5.69 Å². The predicted octanol–water partition coefficient (Wildman–Crippen LogP) is 1.61. The minimum absolute atomic E-state index is 0.623. The van der Waals surface area contributed by atoms with Crippen LogP contribution in [-0.2, 0) is 6.54 Å². The van der Waals surface area contributed by atoms with Crippen LogP contribution < -0.4 is 10.2 Å². The van der Waals surface area contributed by atoms with E-state index in [1.165, 1.54) is 5.56 Å². The molecule has 0 amide bonds. The highest BCUT2D eigenvalue weighted by atomic mass is 16.3. The summed E-state index contributed by atoms with van der Waals surface area (Å²) in [6, 6.07) is 8.37. The lowest BCUT2D eigenvalue weighted by Crippen LogP contribution is -2.36. The third-order valence-electron chi connectivity index (χ3n) is 2.38. The van der Waals surface area contributed by atoms with E-state index in [0.717, 1.165) is 12.2 Å². The summed E-state index contributed by atoms with van der Waals surface area (Å²) < 4.78 is 0. The van der Waals surface area contributed by atoms with Crippen molar-refractivity contribution in [3.8, 4) is 0 Å². The first kappa shape index (κ1) is 13.0. The van der Waals surface area contributed by atoms with Gasteiger partial charge in [0.1, 0.15) is 0 Å². The van der Waals surface area contributed by atoms with E-state index < -0.39 is 5.60 Å². The van der Waals surface area contributed by atoms with Gasteiger partial charge in [0.25, 0.3) is 0 Å². The zero-order chi connectivity index (χ0) is 12.2. The Labute approximate surface area is 98.1 Å². The van der Waals surface area contributed by atoms with Gasteiger partial charge in [-0.1, -0.05) is 12.1 Å². The molecule has 0 aliphatic rings. The molecule has 16 heavy (non-hydrogen) atoms. The second kappa shape index (κ2) is 5.32. The minimum atomic E-state index is -0.668. The Balaban J connectivity index is 2.66. The Hall–Kier alpha value is -1.06. The molecule has 0 heterocycles. The Kier molecular flexibility index (Phi) is 4.33. The second-order valence-electron chi connectivity index (χ2n) is 4.87. The van der Waals surface area contributed by atoms with E-state index in [9.17, 15) is 5.11 Å². The molecule has 1 aromatic rings. The number of likely N-dealkylation sites (N-methyl/N-ethyl adjacent to an activating group) is 1. The maximum absolute atomic E-state index is 9.74. The van der Waals surface area contributed by atoms with E-state index in [-0.39, 0.29) is 0 Å². The van der Waals surface area contributed by atoms with Crippen LogP contribution in [0.25, 0.3) is 0 Å². The molecule has 0 bridgehead atoms. The highest BCUT2D eigenvalue weighted by Gasteiger charge is 2.15. The first-order valence-electron chi connectivity index (χ1n) is 5.59. The third kappa shape index (κ3) is 4.21. The Morgan fingerprint density at radius 2 is 1.81 bits per heavy atom. The third-order valence-corrected chi connectivity index (χ3v) is 2.38. The fraction of sp³-hybridized carbons (Fsp3) is 0.538. The molecule has 0 aliphatic heterocycles. The number of aliphatic hydroxyl groups is 1. The zero-order valence-corrected chi connectivity index (χ0v) is 10.6. The molecule has 0 aromatic heterocycles. The average molecular weight is 222 g/mol. The number of nitrogens with zero attached hydrogens (tertiary/aromatic N) is 1. The molecule has 1 rings (SSSR count). The molecule has 0 saturated heterocycles. The lowest BCUT2D eigenvalue weighted by Gasteiger charge is -2.27. The lowest BCUT2D eigenvalue weighted by atomic mass is 10.1. The normalized spacial score (nSPS) is 11.6. The number of hydrogen-bond donors (Lipinski definition) is 2. The number of nitrogens with one attached hydrogen (secondary N) is 1. The molecule has 0 spiro atoms. The number of hydrogen-bond acceptors (Lipinski definition) is 3. The van der Waals surface area contributed by atoms with Gasteiger partial charge in [0, 0.05) is 25.8 Å². The van der Waals surface area contributed by atoms with Crippen LogP contribution in [0.15, 0.2) is 24.3 Å². The molecule has 0 fully saturated rings. The molecular weight excluding hydrogens is 200 g/mol. The summed E-state index contributed by atoms with van der Waals surface area (Å²) in [6.45, 7) is 5.14. The molecule has 0 saturated carbocycles. The Bertz CT molecular complexity index is 314. The Morgan fingerprint density at radius 3 is 2.25 bits per heavy atom. The standard InChI is InChI=1S/C13H22N2O/c1-13(2,16)10-15(4)12-7-5-11(6-8-12)9-14-3/h5-8,14,16H,9-10H2,1-4H3. The topological polar surface area (TPSA) is 35.5 Å². The molecular formula is C13H22N2O. The van der Waals surface area contributed by atoms with Gasteiger partial charge in [-0.2, -0.15) is 0 Å². The number of rotatable bonds is 5. The van der Waals surface area contributed by atoms with Gasteiger partial charge in [-0.25, -0.2) is 0 Å². The van der Waals surface area contributed by atoms with Crippen LogP contribution in [0.3, 0.4) is 0 Å². The monoisotopic (exact) mass is 222 g/mol. The summed E-state index contributed by atoms with van der Waals surface area (Å²) in [6.07, 6.45) is 0. The minimum Gasteiger partial charge on any atom is -0.389 e. The Morgan fingerprint density at radius 1 is 1.25 bits per heavy atom. The van der Waals surface area contributed by atoms with Crippen molar-refractivity contribution in [2.75, 3.05) is 25.5 Å². The molecule has 3 heteroatoms. The van der Waals surface area contributed by atoms with E-state index >= 15 is 0 Å². The van der Waals surface area contributed by atoms with E-state index in [1.54, 1.807) is 0 Å². The van der Waals surface area contributed by atoms with Crippen LogP contribution >= 0.6 is 0 Å². The van der Waals surface area contributed by atoms with Gasteiger partial charge in [-0.05, 0) is 38.6 Å². The van der Waals surface area contributed by atoms with Crippen molar-refractivity contribution < 1.29 is 5.11 Å². The van der Waals surface area contributed by atoms with Crippen molar-refractivity contribution in [2.24, 2.45) is 0 Å². The summed E-state index contributed by atoms with van der Waals surface area (Å²) in [4.78, 5) is 2.06. The van der Waals surface area contributed by atoms with Crippen molar-refractivity contribution in [1.29, 1.82) is 0 Å². The summed E-state index contributed by atoms with van der Waals surface area (Å²) >= 11 is 0. The summed E-state index contributed by atoms with van der Waals surface area (Å²) in [5.74, 6) is 0. The number of anilines is 1.